The highest BCUT2D eigenvalue weighted by molar-refractivity contribution is 7.98. The van der Waals surface area contributed by atoms with E-state index in [1.165, 1.54) is 4.90 Å². The van der Waals surface area contributed by atoms with Crippen LogP contribution in [-0.2, 0) is 14.3 Å². The third-order valence-electron chi connectivity index (χ3n) is 4.95. The Morgan fingerprint density at radius 3 is 2.72 bits per heavy atom. The third kappa shape index (κ3) is 4.18. The van der Waals surface area contributed by atoms with E-state index >= 15 is 0 Å². The quantitative estimate of drug-likeness (QED) is 0.756. The van der Waals surface area contributed by atoms with Crippen molar-refractivity contribution in [3.8, 4) is 0 Å². The van der Waals surface area contributed by atoms with E-state index in [1.807, 2.05) is 42.3 Å². The number of ether oxygens (including phenoxy) is 1. The van der Waals surface area contributed by atoms with Gasteiger partial charge in [0.15, 0.2) is 0 Å². The van der Waals surface area contributed by atoms with Gasteiger partial charge in [-0.3, -0.25) is 9.59 Å². The van der Waals surface area contributed by atoms with Gasteiger partial charge in [-0.1, -0.05) is 0 Å². The molecule has 2 saturated heterocycles. The molecule has 2 fully saturated rings. The van der Waals surface area contributed by atoms with Crippen LogP contribution in [0.15, 0.2) is 29.2 Å². The summed E-state index contributed by atoms with van der Waals surface area (Å²) in [4.78, 5) is 30.1. The molecule has 1 aromatic carbocycles. The van der Waals surface area contributed by atoms with E-state index in [0.717, 1.165) is 25.1 Å². The van der Waals surface area contributed by atoms with Crippen LogP contribution >= 0.6 is 11.8 Å². The van der Waals surface area contributed by atoms with Gasteiger partial charge in [0.2, 0.25) is 11.8 Å². The minimum atomic E-state index is -0.242. The minimum absolute atomic E-state index is 0.0358. The molecule has 3 rings (SSSR count). The number of thioether (sulfide) groups is 1. The topological polar surface area (TPSA) is 49.9 Å². The number of hydrogen-bond acceptors (Lipinski definition) is 4. The first-order valence-electron chi connectivity index (χ1n) is 8.97. The summed E-state index contributed by atoms with van der Waals surface area (Å²) in [5.74, 6) is -0.109. The Morgan fingerprint density at radius 2 is 2.04 bits per heavy atom. The number of rotatable bonds is 5. The molecule has 2 aliphatic heterocycles. The van der Waals surface area contributed by atoms with Crippen molar-refractivity contribution in [2.45, 2.75) is 37.2 Å². The first-order chi connectivity index (χ1) is 12.1. The van der Waals surface area contributed by atoms with Crippen molar-refractivity contribution in [3.63, 3.8) is 0 Å². The van der Waals surface area contributed by atoms with E-state index in [-0.39, 0.29) is 23.8 Å². The van der Waals surface area contributed by atoms with Gasteiger partial charge in [-0.05, 0) is 50.3 Å². The molecule has 1 aromatic rings. The molecule has 0 aliphatic carbocycles. The summed E-state index contributed by atoms with van der Waals surface area (Å²) in [5, 5.41) is 0. The van der Waals surface area contributed by atoms with Gasteiger partial charge >= 0.3 is 0 Å². The van der Waals surface area contributed by atoms with E-state index in [4.69, 9.17) is 4.74 Å². The number of benzene rings is 1. The normalized spacial score (nSPS) is 24.0. The number of likely N-dealkylation sites (tertiary alicyclic amines) is 1. The predicted molar refractivity (Wildman–Crippen MR) is 99.9 cm³/mol. The molecule has 5 nitrogen and oxygen atoms in total. The van der Waals surface area contributed by atoms with Crippen LogP contribution in [0.4, 0.5) is 5.69 Å². The van der Waals surface area contributed by atoms with Crippen LogP contribution in [0.1, 0.15) is 26.2 Å². The Labute approximate surface area is 153 Å². The maximum Gasteiger partial charge on any atom is 0.228 e. The zero-order valence-electron chi connectivity index (χ0n) is 14.9. The van der Waals surface area contributed by atoms with E-state index < -0.39 is 0 Å². The van der Waals surface area contributed by atoms with Gasteiger partial charge in [-0.25, -0.2) is 0 Å². The summed E-state index contributed by atoms with van der Waals surface area (Å²) in [6.45, 7) is 4.56. The average molecular weight is 362 g/mol. The molecule has 0 bridgehead atoms. The fraction of sp³-hybridized carbons (Fsp3) is 0.579. The number of carbonyl (C=O) groups is 2. The molecule has 0 aromatic heterocycles. The number of amides is 2. The van der Waals surface area contributed by atoms with Crippen molar-refractivity contribution in [3.05, 3.63) is 24.3 Å². The summed E-state index contributed by atoms with van der Waals surface area (Å²) in [6, 6.07) is 7.95. The Hall–Kier alpha value is -1.53. The highest BCUT2D eigenvalue weighted by Crippen LogP contribution is 2.29. The van der Waals surface area contributed by atoms with Crippen LogP contribution in [0, 0.1) is 5.92 Å². The zero-order valence-corrected chi connectivity index (χ0v) is 15.8. The van der Waals surface area contributed by atoms with Gasteiger partial charge in [-0.15, -0.1) is 11.8 Å². The molecule has 2 atom stereocenters. The molecule has 0 radical (unpaired) electrons. The number of anilines is 1. The summed E-state index contributed by atoms with van der Waals surface area (Å²) >= 11 is 1.67. The van der Waals surface area contributed by atoms with Gasteiger partial charge in [0, 0.05) is 43.2 Å². The fourth-order valence-corrected chi connectivity index (χ4v) is 4.06. The Bertz CT molecular complexity index is 618. The monoisotopic (exact) mass is 362 g/mol. The van der Waals surface area contributed by atoms with Crippen LogP contribution in [0.25, 0.3) is 0 Å². The van der Waals surface area contributed by atoms with Gasteiger partial charge in [0.05, 0.1) is 12.0 Å². The summed E-state index contributed by atoms with van der Waals surface area (Å²) in [5.41, 5.74) is 0.879. The number of hydrogen-bond donors (Lipinski definition) is 0. The van der Waals surface area contributed by atoms with Crippen molar-refractivity contribution in [2.24, 2.45) is 5.92 Å². The molecule has 25 heavy (non-hydrogen) atoms. The highest BCUT2D eigenvalue weighted by atomic mass is 32.2. The van der Waals surface area contributed by atoms with Gasteiger partial charge in [0.25, 0.3) is 0 Å². The van der Waals surface area contributed by atoms with E-state index in [1.54, 1.807) is 16.7 Å². The Kier molecular flexibility index (Phi) is 6.02. The standard InChI is InChI=1S/C19H26N2O3S/c1-3-24-16-5-4-10-20(13-16)19(23)14-11-18(22)21(12-14)15-6-8-17(25-2)9-7-15/h6-9,14,16H,3-5,10-13H2,1-2H3. The molecule has 0 saturated carbocycles. The maximum absolute atomic E-state index is 12.9. The van der Waals surface area contributed by atoms with Crippen molar-refractivity contribution in [1.29, 1.82) is 0 Å². The van der Waals surface area contributed by atoms with Crippen LogP contribution < -0.4 is 4.90 Å². The smallest absolute Gasteiger partial charge is 0.228 e. The Balaban J connectivity index is 1.64. The van der Waals surface area contributed by atoms with Gasteiger partial charge in [0.1, 0.15) is 0 Å². The first-order valence-corrected chi connectivity index (χ1v) is 10.2. The molecule has 2 aliphatic rings. The highest BCUT2D eigenvalue weighted by Gasteiger charge is 2.38. The number of nitrogens with zero attached hydrogens (tertiary/aromatic N) is 2. The minimum Gasteiger partial charge on any atom is -0.377 e. The molecular formula is C19H26N2O3S. The van der Waals surface area contributed by atoms with E-state index in [0.29, 0.717) is 26.1 Å². The van der Waals surface area contributed by atoms with Crippen molar-refractivity contribution < 1.29 is 14.3 Å². The molecule has 2 unspecified atom stereocenters. The van der Waals surface area contributed by atoms with Crippen LogP contribution in [0.5, 0.6) is 0 Å². The van der Waals surface area contributed by atoms with Crippen LogP contribution in [0.2, 0.25) is 0 Å². The van der Waals surface area contributed by atoms with Crippen LogP contribution in [-0.4, -0.2) is 55.3 Å². The molecule has 0 N–H and O–H groups in total. The molecule has 136 valence electrons. The fourth-order valence-electron chi connectivity index (χ4n) is 3.65. The summed E-state index contributed by atoms with van der Waals surface area (Å²) in [7, 11) is 0. The zero-order chi connectivity index (χ0) is 17.8. The average Bonchev–Trinajstić information content (AvgIpc) is 3.03. The SMILES string of the molecule is CCOC1CCCN(C(=O)C2CC(=O)N(c3ccc(SC)cc3)C2)C1. The predicted octanol–water partition coefficient (Wildman–Crippen LogP) is 2.79. The molecule has 2 heterocycles. The third-order valence-corrected chi connectivity index (χ3v) is 5.69. The van der Waals surface area contributed by atoms with Crippen molar-refractivity contribution >= 4 is 29.3 Å². The lowest BCUT2D eigenvalue weighted by Gasteiger charge is -2.34. The molecule has 2 amide bonds. The lowest BCUT2D eigenvalue weighted by atomic mass is 10.0. The first kappa shape index (κ1) is 18.3. The lowest BCUT2D eigenvalue weighted by molar-refractivity contribution is -0.139. The van der Waals surface area contributed by atoms with E-state index in [9.17, 15) is 9.59 Å². The largest absolute Gasteiger partial charge is 0.377 e. The van der Waals surface area contributed by atoms with Gasteiger partial charge in [-0.2, -0.15) is 0 Å². The van der Waals surface area contributed by atoms with Crippen molar-refractivity contribution in [1.82, 2.24) is 4.90 Å². The van der Waals surface area contributed by atoms with Gasteiger partial charge < -0.3 is 14.5 Å². The second-order valence-corrected chi connectivity index (χ2v) is 7.49. The molecular weight excluding hydrogens is 336 g/mol. The maximum atomic E-state index is 12.9. The molecule has 0 spiro atoms. The summed E-state index contributed by atoms with van der Waals surface area (Å²) in [6.07, 6.45) is 4.44. The summed E-state index contributed by atoms with van der Waals surface area (Å²) < 4.78 is 5.69. The second-order valence-electron chi connectivity index (χ2n) is 6.61. The van der Waals surface area contributed by atoms with Crippen molar-refractivity contribution in [2.75, 3.05) is 37.4 Å². The van der Waals surface area contributed by atoms with Crippen LogP contribution in [0.3, 0.4) is 0 Å². The second kappa shape index (κ2) is 8.23. The Morgan fingerprint density at radius 1 is 1.28 bits per heavy atom. The number of carbonyl (C=O) groups excluding carboxylic acids is 2. The molecule has 6 heteroatoms. The van der Waals surface area contributed by atoms with E-state index in [2.05, 4.69) is 0 Å². The lowest BCUT2D eigenvalue weighted by Crippen LogP contribution is -2.46. The number of piperidine rings is 1.